The van der Waals surface area contributed by atoms with Crippen LogP contribution >= 0.6 is 0 Å². The molecule has 0 aromatic carbocycles. The number of carbonyl (C=O) groups excluding carboxylic acids is 3. The van der Waals surface area contributed by atoms with Crippen LogP contribution in [-0.4, -0.2) is 41.4 Å². The molecule has 7 nitrogen and oxygen atoms in total. The average Bonchev–Trinajstić information content (AvgIpc) is 3.01. The van der Waals surface area contributed by atoms with Crippen molar-refractivity contribution in [1.29, 1.82) is 0 Å². The van der Waals surface area contributed by atoms with Gasteiger partial charge in [-0.15, -0.1) is 0 Å². The summed E-state index contributed by atoms with van der Waals surface area (Å²) in [6.07, 6.45) is 1.83. The van der Waals surface area contributed by atoms with Gasteiger partial charge in [-0.1, -0.05) is 0 Å². The summed E-state index contributed by atoms with van der Waals surface area (Å²) in [5, 5.41) is 4.78. The Hall–Kier alpha value is -2.31. The van der Waals surface area contributed by atoms with Gasteiger partial charge in [0.2, 0.25) is 0 Å². The zero-order chi connectivity index (χ0) is 12.8. The summed E-state index contributed by atoms with van der Waals surface area (Å²) in [4.78, 5) is 36.4. The Morgan fingerprint density at radius 2 is 2.28 bits per heavy atom. The predicted octanol–water partition coefficient (Wildman–Crippen LogP) is -0.296. The molecule has 1 aromatic rings. The molecule has 1 unspecified atom stereocenters. The number of nitrogens with one attached hydrogen (secondary N) is 2. The van der Waals surface area contributed by atoms with E-state index in [0.717, 1.165) is 0 Å². The zero-order valence-electron chi connectivity index (χ0n) is 9.43. The first-order chi connectivity index (χ1) is 8.61. The molecule has 2 saturated heterocycles. The van der Waals surface area contributed by atoms with Crippen LogP contribution in [-0.2, 0) is 4.79 Å². The second-order valence-electron chi connectivity index (χ2n) is 4.44. The van der Waals surface area contributed by atoms with Crippen LogP contribution in [0.3, 0.4) is 0 Å². The lowest BCUT2D eigenvalue weighted by Gasteiger charge is -2.20. The second kappa shape index (κ2) is 3.59. The van der Waals surface area contributed by atoms with Crippen molar-refractivity contribution in [3.8, 4) is 0 Å². The molecule has 2 aliphatic heterocycles. The van der Waals surface area contributed by atoms with Gasteiger partial charge in [0.15, 0.2) is 5.76 Å². The van der Waals surface area contributed by atoms with E-state index in [1.165, 1.54) is 11.2 Å². The van der Waals surface area contributed by atoms with E-state index >= 15 is 0 Å². The van der Waals surface area contributed by atoms with Crippen molar-refractivity contribution in [2.45, 2.75) is 12.0 Å². The Kier molecular flexibility index (Phi) is 2.16. The minimum Gasteiger partial charge on any atom is -0.459 e. The number of furan rings is 1. The van der Waals surface area contributed by atoms with Gasteiger partial charge in [0, 0.05) is 6.54 Å². The summed E-state index contributed by atoms with van der Waals surface area (Å²) in [6.45, 7) is 0.581. The van der Waals surface area contributed by atoms with Gasteiger partial charge in [0.1, 0.15) is 5.54 Å². The fourth-order valence-corrected chi connectivity index (χ4v) is 2.35. The molecule has 3 rings (SSSR count). The van der Waals surface area contributed by atoms with Crippen LogP contribution < -0.4 is 10.6 Å². The van der Waals surface area contributed by atoms with Gasteiger partial charge in [-0.3, -0.25) is 14.9 Å². The lowest BCUT2D eigenvalue weighted by molar-refractivity contribution is -0.123. The number of carbonyl (C=O) groups is 3. The third-order valence-electron chi connectivity index (χ3n) is 3.30. The fourth-order valence-electron chi connectivity index (χ4n) is 2.35. The highest BCUT2D eigenvalue weighted by atomic mass is 16.3. The Morgan fingerprint density at radius 3 is 2.89 bits per heavy atom. The maximum Gasteiger partial charge on any atom is 0.322 e. The van der Waals surface area contributed by atoms with Gasteiger partial charge in [0.05, 0.1) is 12.8 Å². The van der Waals surface area contributed by atoms with Crippen molar-refractivity contribution < 1.29 is 18.8 Å². The van der Waals surface area contributed by atoms with Crippen molar-refractivity contribution in [2.75, 3.05) is 13.1 Å². The van der Waals surface area contributed by atoms with Gasteiger partial charge >= 0.3 is 6.03 Å². The van der Waals surface area contributed by atoms with Crippen LogP contribution in [0, 0.1) is 0 Å². The highest BCUT2D eigenvalue weighted by Gasteiger charge is 2.51. The monoisotopic (exact) mass is 249 g/mol. The zero-order valence-corrected chi connectivity index (χ0v) is 9.43. The molecule has 0 radical (unpaired) electrons. The van der Waals surface area contributed by atoms with Gasteiger partial charge < -0.3 is 14.6 Å². The quantitative estimate of drug-likeness (QED) is 0.669. The van der Waals surface area contributed by atoms with Crippen LogP contribution in [0.1, 0.15) is 17.0 Å². The highest BCUT2D eigenvalue weighted by Crippen LogP contribution is 2.25. The number of amides is 4. The van der Waals surface area contributed by atoms with Crippen molar-refractivity contribution in [1.82, 2.24) is 15.5 Å². The summed E-state index contributed by atoms with van der Waals surface area (Å²) < 4.78 is 5.03. The Labute approximate surface area is 102 Å². The topological polar surface area (TPSA) is 91.7 Å². The molecule has 1 aromatic heterocycles. The Morgan fingerprint density at radius 1 is 1.44 bits per heavy atom. The standard InChI is InChI=1S/C11H11N3O4/c15-8(7-2-1-5-18-7)14-4-3-11(6-14)9(16)12-10(17)13-11/h1-2,5H,3-4,6H2,(H2,12,13,16,17). The number of likely N-dealkylation sites (tertiary alicyclic amines) is 1. The molecule has 0 aliphatic carbocycles. The smallest absolute Gasteiger partial charge is 0.322 e. The van der Waals surface area contributed by atoms with Gasteiger partial charge in [-0.2, -0.15) is 0 Å². The predicted molar refractivity (Wildman–Crippen MR) is 58.6 cm³/mol. The van der Waals surface area contributed by atoms with E-state index in [9.17, 15) is 14.4 Å². The van der Waals surface area contributed by atoms with E-state index in [1.54, 1.807) is 12.1 Å². The highest BCUT2D eigenvalue weighted by molar-refractivity contribution is 6.08. The van der Waals surface area contributed by atoms with E-state index < -0.39 is 11.6 Å². The van der Waals surface area contributed by atoms with Crippen LogP contribution in [0.15, 0.2) is 22.8 Å². The third kappa shape index (κ3) is 1.47. The second-order valence-corrected chi connectivity index (χ2v) is 4.44. The van der Waals surface area contributed by atoms with E-state index in [2.05, 4.69) is 10.6 Å². The molecule has 0 bridgehead atoms. The number of hydrogen-bond donors (Lipinski definition) is 2. The normalized spacial score (nSPS) is 26.6. The van der Waals surface area contributed by atoms with Crippen molar-refractivity contribution in [3.05, 3.63) is 24.2 Å². The minimum absolute atomic E-state index is 0.171. The summed E-state index contributed by atoms with van der Waals surface area (Å²) in [6, 6.07) is 2.69. The van der Waals surface area contributed by atoms with Crippen LogP contribution in [0.4, 0.5) is 4.79 Å². The van der Waals surface area contributed by atoms with E-state index in [1.807, 2.05) is 0 Å². The molecular weight excluding hydrogens is 238 g/mol. The van der Waals surface area contributed by atoms with Crippen LogP contribution in [0.2, 0.25) is 0 Å². The van der Waals surface area contributed by atoms with E-state index in [0.29, 0.717) is 13.0 Å². The van der Waals surface area contributed by atoms with Crippen LogP contribution in [0.5, 0.6) is 0 Å². The first kappa shape index (κ1) is 10.8. The molecule has 7 heteroatoms. The molecule has 1 spiro atoms. The summed E-state index contributed by atoms with van der Waals surface area (Å²) in [7, 11) is 0. The molecule has 0 saturated carbocycles. The first-order valence-electron chi connectivity index (χ1n) is 5.57. The molecular formula is C11H11N3O4. The average molecular weight is 249 g/mol. The fraction of sp³-hybridized carbons (Fsp3) is 0.364. The molecule has 2 N–H and O–H groups in total. The van der Waals surface area contributed by atoms with E-state index in [-0.39, 0.29) is 24.1 Å². The molecule has 1 atom stereocenters. The summed E-state index contributed by atoms with van der Waals surface area (Å²) in [5.41, 5.74) is -0.973. The number of rotatable bonds is 1. The maximum absolute atomic E-state index is 12.0. The van der Waals surface area contributed by atoms with Crippen molar-refractivity contribution >= 4 is 17.8 Å². The molecule has 4 amide bonds. The minimum atomic E-state index is -0.973. The Bertz CT molecular complexity index is 524. The largest absolute Gasteiger partial charge is 0.459 e. The molecule has 3 heterocycles. The number of hydrogen-bond acceptors (Lipinski definition) is 4. The number of urea groups is 1. The van der Waals surface area contributed by atoms with Crippen LogP contribution in [0.25, 0.3) is 0 Å². The third-order valence-corrected chi connectivity index (χ3v) is 3.30. The maximum atomic E-state index is 12.0. The molecule has 18 heavy (non-hydrogen) atoms. The van der Waals surface area contributed by atoms with Gasteiger partial charge in [0.25, 0.3) is 11.8 Å². The first-order valence-corrected chi connectivity index (χ1v) is 5.57. The Balaban J connectivity index is 1.78. The SMILES string of the molecule is O=C1NC(=O)C2(CCN(C(=O)c3ccco3)C2)N1. The van der Waals surface area contributed by atoms with Gasteiger partial charge in [-0.05, 0) is 18.6 Å². The van der Waals surface area contributed by atoms with Gasteiger partial charge in [-0.25, -0.2) is 4.79 Å². The lowest BCUT2D eigenvalue weighted by Crippen LogP contribution is -2.49. The summed E-state index contributed by atoms with van der Waals surface area (Å²) >= 11 is 0. The lowest BCUT2D eigenvalue weighted by atomic mass is 10.00. The molecule has 2 aliphatic rings. The van der Waals surface area contributed by atoms with Crippen molar-refractivity contribution in [3.63, 3.8) is 0 Å². The molecule has 2 fully saturated rings. The number of imide groups is 1. The van der Waals surface area contributed by atoms with Crippen molar-refractivity contribution in [2.24, 2.45) is 0 Å². The number of nitrogens with zero attached hydrogens (tertiary/aromatic N) is 1. The summed E-state index contributed by atoms with van der Waals surface area (Å²) in [5.74, 6) is -0.412. The van der Waals surface area contributed by atoms with E-state index in [4.69, 9.17) is 4.42 Å². The molecule has 94 valence electrons.